The van der Waals surface area contributed by atoms with Gasteiger partial charge in [-0.25, -0.2) is 4.39 Å². The van der Waals surface area contributed by atoms with Crippen LogP contribution in [0.3, 0.4) is 0 Å². The number of halogens is 1. The first-order valence-electron chi connectivity index (χ1n) is 12.0. The van der Waals surface area contributed by atoms with Crippen LogP contribution in [0.25, 0.3) is 0 Å². The summed E-state index contributed by atoms with van der Waals surface area (Å²) in [6.07, 6.45) is 7.60. The molecule has 1 heterocycles. The summed E-state index contributed by atoms with van der Waals surface area (Å²) in [6, 6.07) is 17.1. The summed E-state index contributed by atoms with van der Waals surface area (Å²) < 4.78 is 18.1. The number of rotatable bonds is 11. The first-order valence-corrected chi connectivity index (χ1v) is 12.0. The van der Waals surface area contributed by atoms with Crippen LogP contribution in [0.2, 0.25) is 0 Å². The van der Waals surface area contributed by atoms with Gasteiger partial charge in [0.15, 0.2) is 0 Å². The van der Waals surface area contributed by atoms with Gasteiger partial charge in [0.05, 0.1) is 7.11 Å². The topological polar surface area (TPSA) is 49.9 Å². The van der Waals surface area contributed by atoms with Crippen molar-refractivity contribution in [2.45, 2.75) is 63.8 Å². The van der Waals surface area contributed by atoms with E-state index in [0.29, 0.717) is 12.8 Å². The Morgan fingerprint density at radius 2 is 1.45 bits per heavy atom. The van der Waals surface area contributed by atoms with Gasteiger partial charge in [0, 0.05) is 43.3 Å². The van der Waals surface area contributed by atoms with Gasteiger partial charge in [0.25, 0.3) is 0 Å². The van der Waals surface area contributed by atoms with Gasteiger partial charge in [0.2, 0.25) is 5.91 Å². The first-order chi connectivity index (χ1) is 16.1. The Labute approximate surface area is 196 Å². The van der Waals surface area contributed by atoms with Gasteiger partial charge >= 0.3 is 5.97 Å². The van der Waals surface area contributed by atoms with Crippen molar-refractivity contribution in [3.05, 3.63) is 60.4 Å². The number of carbonyl (C=O) groups is 2. The van der Waals surface area contributed by atoms with Crippen LogP contribution in [0, 0.1) is 5.82 Å². The van der Waals surface area contributed by atoms with Crippen molar-refractivity contribution in [3.8, 4) is 0 Å². The van der Waals surface area contributed by atoms with Crippen molar-refractivity contribution >= 4 is 23.3 Å². The predicted octanol–water partition coefficient (Wildman–Crippen LogP) is 5.86. The van der Waals surface area contributed by atoms with E-state index in [1.165, 1.54) is 19.2 Å². The minimum atomic E-state index is -0.240. The molecule has 1 saturated heterocycles. The number of carbonyl (C=O) groups excluding carboxylic acids is 2. The minimum Gasteiger partial charge on any atom is -0.469 e. The first kappa shape index (κ1) is 24.7. The molecule has 5 nitrogen and oxygen atoms in total. The van der Waals surface area contributed by atoms with E-state index in [0.717, 1.165) is 69.4 Å². The lowest BCUT2D eigenvalue weighted by molar-refractivity contribution is -0.140. The molecule has 2 aromatic carbocycles. The molecule has 2 aromatic rings. The number of esters is 1. The molecule has 178 valence electrons. The molecule has 0 saturated carbocycles. The van der Waals surface area contributed by atoms with Crippen molar-refractivity contribution in [2.75, 3.05) is 25.1 Å². The molecule has 0 N–H and O–H groups in total. The highest BCUT2D eigenvalue weighted by atomic mass is 19.1. The van der Waals surface area contributed by atoms with Crippen LogP contribution in [0.5, 0.6) is 0 Å². The second-order valence-corrected chi connectivity index (χ2v) is 8.64. The lowest BCUT2D eigenvalue weighted by atomic mass is 10.00. The number of para-hydroxylation sites is 1. The lowest BCUT2D eigenvalue weighted by Gasteiger charge is -2.40. The number of likely N-dealkylation sites (tertiary alicyclic amines) is 1. The molecule has 0 atom stereocenters. The summed E-state index contributed by atoms with van der Waals surface area (Å²) in [6.45, 7) is 1.49. The Morgan fingerprint density at radius 1 is 0.879 bits per heavy atom. The Kier molecular flexibility index (Phi) is 9.73. The van der Waals surface area contributed by atoms with Gasteiger partial charge in [-0.15, -0.1) is 0 Å². The maximum absolute atomic E-state index is 13.5. The van der Waals surface area contributed by atoms with E-state index in [9.17, 15) is 14.0 Å². The highest BCUT2D eigenvalue weighted by Gasteiger charge is 2.28. The average molecular weight is 455 g/mol. The van der Waals surface area contributed by atoms with E-state index in [-0.39, 0.29) is 23.7 Å². The maximum atomic E-state index is 13.5. The highest BCUT2D eigenvalue weighted by molar-refractivity contribution is 5.76. The fraction of sp³-hybridized carbons (Fsp3) is 0.481. The Hall–Kier alpha value is -2.89. The number of methoxy groups -OCH3 is 1. The second-order valence-electron chi connectivity index (χ2n) is 8.64. The summed E-state index contributed by atoms with van der Waals surface area (Å²) in [5, 5.41) is 0. The number of hydrogen-bond acceptors (Lipinski definition) is 4. The lowest BCUT2D eigenvalue weighted by Crippen LogP contribution is -2.45. The van der Waals surface area contributed by atoms with Crippen LogP contribution in [-0.4, -0.2) is 43.0 Å². The maximum Gasteiger partial charge on any atom is 0.305 e. The van der Waals surface area contributed by atoms with Crippen molar-refractivity contribution < 1.29 is 18.7 Å². The summed E-state index contributed by atoms with van der Waals surface area (Å²) in [4.78, 5) is 28.1. The molecule has 0 aromatic heterocycles. The van der Waals surface area contributed by atoms with Crippen molar-refractivity contribution in [2.24, 2.45) is 0 Å². The third kappa shape index (κ3) is 7.58. The van der Waals surface area contributed by atoms with Gasteiger partial charge in [-0.1, -0.05) is 37.5 Å². The van der Waals surface area contributed by atoms with E-state index >= 15 is 0 Å². The molecule has 0 aliphatic carbocycles. The molecular formula is C27H35FN2O3. The summed E-state index contributed by atoms with van der Waals surface area (Å²) in [5.41, 5.74) is 2.06. The SMILES string of the molecule is COC(=O)CCCCCCCC(=O)N1CCC(N(c2ccccc2)c2ccc(F)cc2)CC1. The predicted molar refractivity (Wildman–Crippen MR) is 129 cm³/mol. The van der Waals surface area contributed by atoms with Gasteiger partial charge in [0.1, 0.15) is 5.82 Å². The smallest absolute Gasteiger partial charge is 0.305 e. The Morgan fingerprint density at radius 3 is 2.09 bits per heavy atom. The number of anilines is 2. The van der Waals surface area contributed by atoms with Crippen LogP contribution < -0.4 is 4.90 Å². The van der Waals surface area contributed by atoms with Gasteiger partial charge in [-0.2, -0.15) is 0 Å². The van der Waals surface area contributed by atoms with Gasteiger partial charge in [-0.3, -0.25) is 9.59 Å². The third-order valence-electron chi connectivity index (χ3n) is 6.32. The molecule has 0 spiro atoms. The van der Waals surface area contributed by atoms with Gasteiger partial charge in [-0.05, 0) is 62.1 Å². The van der Waals surface area contributed by atoms with Crippen molar-refractivity contribution in [1.29, 1.82) is 0 Å². The molecule has 1 aliphatic rings. The highest BCUT2D eigenvalue weighted by Crippen LogP contribution is 2.32. The minimum absolute atomic E-state index is 0.154. The van der Waals surface area contributed by atoms with E-state index in [4.69, 9.17) is 0 Å². The van der Waals surface area contributed by atoms with Gasteiger partial charge < -0.3 is 14.5 Å². The molecule has 1 amide bonds. The van der Waals surface area contributed by atoms with Crippen LogP contribution in [0.1, 0.15) is 57.8 Å². The number of hydrogen-bond donors (Lipinski definition) is 0. The standard InChI is InChI=1S/C27H35FN2O3/c1-33-27(32)13-9-4-2-3-8-12-26(31)29-20-18-25(19-21-29)30(23-10-6-5-7-11-23)24-16-14-22(28)15-17-24/h5-7,10-11,14-17,25H,2-4,8-9,12-13,18-21H2,1H3. The molecule has 1 aliphatic heterocycles. The fourth-order valence-corrected chi connectivity index (χ4v) is 4.47. The molecule has 33 heavy (non-hydrogen) atoms. The molecule has 0 radical (unpaired) electrons. The molecular weight excluding hydrogens is 419 g/mol. The largest absolute Gasteiger partial charge is 0.469 e. The zero-order valence-corrected chi connectivity index (χ0v) is 19.5. The van der Waals surface area contributed by atoms with E-state index < -0.39 is 0 Å². The number of nitrogens with zero attached hydrogens (tertiary/aromatic N) is 2. The number of unbranched alkanes of at least 4 members (excludes halogenated alkanes) is 4. The van der Waals surface area contributed by atoms with Crippen LogP contribution in [-0.2, 0) is 14.3 Å². The number of benzene rings is 2. The summed E-state index contributed by atoms with van der Waals surface area (Å²) >= 11 is 0. The Balaban J connectivity index is 1.45. The number of amides is 1. The molecule has 6 heteroatoms. The normalized spacial score (nSPS) is 14.2. The van der Waals surface area contributed by atoms with Crippen LogP contribution >= 0.6 is 0 Å². The average Bonchev–Trinajstić information content (AvgIpc) is 2.85. The molecule has 0 unspecified atom stereocenters. The Bertz CT molecular complexity index is 865. The zero-order valence-electron chi connectivity index (χ0n) is 19.5. The third-order valence-corrected chi connectivity index (χ3v) is 6.32. The number of piperidine rings is 1. The second kappa shape index (κ2) is 13.0. The molecule has 0 bridgehead atoms. The molecule has 3 rings (SSSR count). The monoisotopic (exact) mass is 454 g/mol. The zero-order chi connectivity index (χ0) is 23.5. The van der Waals surface area contributed by atoms with E-state index in [1.807, 2.05) is 35.2 Å². The van der Waals surface area contributed by atoms with E-state index in [2.05, 4.69) is 21.8 Å². The summed E-state index contributed by atoms with van der Waals surface area (Å²) in [5.74, 6) is -0.162. The molecule has 1 fully saturated rings. The van der Waals surface area contributed by atoms with Crippen LogP contribution in [0.15, 0.2) is 54.6 Å². The quantitative estimate of drug-likeness (QED) is 0.315. The van der Waals surface area contributed by atoms with Crippen molar-refractivity contribution in [1.82, 2.24) is 4.90 Å². The van der Waals surface area contributed by atoms with E-state index in [1.54, 1.807) is 0 Å². The van der Waals surface area contributed by atoms with Crippen molar-refractivity contribution in [3.63, 3.8) is 0 Å². The van der Waals surface area contributed by atoms with Crippen LogP contribution in [0.4, 0.5) is 15.8 Å². The fourth-order valence-electron chi connectivity index (χ4n) is 4.47. The summed E-state index contributed by atoms with van der Waals surface area (Å²) in [7, 11) is 1.42. The number of ether oxygens (including phenoxy) is 1.